The number of carbonyl (C=O) groups excluding carboxylic acids is 7. The first kappa shape index (κ1) is 75.3. The van der Waals surface area contributed by atoms with Gasteiger partial charge in [0.25, 0.3) is 0 Å². The van der Waals surface area contributed by atoms with Gasteiger partial charge in [-0.15, -0.1) is 0 Å². The number of rotatable bonds is 19. The molecule has 536 valence electrons. The van der Waals surface area contributed by atoms with Crippen molar-refractivity contribution in [1.29, 1.82) is 0 Å². The third-order valence-electron chi connectivity index (χ3n) is 24.6. The molecule has 1 amide bonds. The van der Waals surface area contributed by atoms with Crippen molar-refractivity contribution in [3.05, 3.63) is 94.6 Å². The van der Waals surface area contributed by atoms with Crippen LogP contribution in [0, 0.1) is 74.9 Å². The summed E-state index contributed by atoms with van der Waals surface area (Å²) in [5, 5.41) is 39.8. The van der Waals surface area contributed by atoms with E-state index in [9.17, 15) is 44.1 Å². The van der Waals surface area contributed by atoms with Crippen LogP contribution >= 0.6 is 0 Å². The molecule has 2 aromatic carbocycles. The number of benzene rings is 2. The van der Waals surface area contributed by atoms with E-state index in [-0.39, 0.29) is 66.3 Å². The van der Waals surface area contributed by atoms with E-state index in [0.29, 0.717) is 35.7 Å². The number of hydrogen-bond donors (Lipinski definition) is 4. The van der Waals surface area contributed by atoms with Crippen molar-refractivity contribution >= 4 is 41.7 Å². The highest BCUT2D eigenvalue weighted by atomic mass is 16.6. The Hall–Kier alpha value is -5.95. The van der Waals surface area contributed by atoms with Crippen molar-refractivity contribution in [2.45, 2.75) is 267 Å². The molecular formula is C79H113NO17. The monoisotopic (exact) mass is 1350 g/mol. The van der Waals surface area contributed by atoms with Crippen molar-refractivity contribution < 1.29 is 82.0 Å². The molecule has 0 aliphatic heterocycles. The second kappa shape index (κ2) is 30.9. The fourth-order valence-electron chi connectivity index (χ4n) is 19.5. The van der Waals surface area contributed by atoms with Gasteiger partial charge in [-0.1, -0.05) is 142 Å². The molecular weight excluding hydrogens is 1230 g/mol. The van der Waals surface area contributed by atoms with Crippen LogP contribution in [0.1, 0.15) is 228 Å². The molecule has 0 heterocycles. The number of Topliss-reactive ketones (excluding diaryl/α,β-unsaturated/α-hetero) is 1. The average Bonchev–Trinajstić information content (AvgIpc) is 1.69. The predicted molar refractivity (Wildman–Crippen MR) is 365 cm³/mol. The van der Waals surface area contributed by atoms with Gasteiger partial charge in [0, 0.05) is 31.1 Å². The fourth-order valence-corrected chi connectivity index (χ4v) is 19.5. The number of ketones is 1. The van der Waals surface area contributed by atoms with Gasteiger partial charge < -0.3 is 53.8 Å². The summed E-state index contributed by atoms with van der Waals surface area (Å²) in [5.41, 5.74) is -1.35. The lowest BCUT2D eigenvalue weighted by Crippen LogP contribution is -2.63. The Morgan fingerprint density at radius 2 is 1.41 bits per heavy atom. The van der Waals surface area contributed by atoms with Gasteiger partial charge in [0.15, 0.2) is 5.78 Å². The van der Waals surface area contributed by atoms with Gasteiger partial charge in [0.1, 0.15) is 55.4 Å². The number of hydrogen-bond acceptors (Lipinski definition) is 17. The first-order valence-electron chi connectivity index (χ1n) is 36.3. The molecule has 5 unspecified atom stereocenters. The van der Waals surface area contributed by atoms with Crippen LogP contribution in [0.2, 0.25) is 0 Å². The summed E-state index contributed by atoms with van der Waals surface area (Å²) in [7, 11) is 0. The van der Waals surface area contributed by atoms with Crippen LogP contribution < -0.4 is 5.32 Å². The van der Waals surface area contributed by atoms with E-state index in [1.165, 1.54) is 63.9 Å². The van der Waals surface area contributed by atoms with Crippen molar-refractivity contribution in [3.63, 3.8) is 0 Å². The van der Waals surface area contributed by atoms with E-state index in [0.717, 1.165) is 36.5 Å². The lowest BCUT2D eigenvalue weighted by molar-refractivity contribution is -0.200. The van der Waals surface area contributed by atoms with Crippen molar-refractivity contribution in [1.82, 2.24) is 5.32 Å². The Bertz CT molecular complexity index is 3190. The lowest BCUT2D eigenvalue weighted by atomic mass is 9.49. The maximum atomic E-state index is 15.6. The van der Waals surface area contributed by atoms with E-state index >= 15 is 4.79 Å². The molecule has 4 N–H and O–H groups in total. The molecule has 7 aliphatic carbocycles. The molecule has 9 rings (SSSR count). The third-order valence-corrected chi connectivity index (χ3v) is 24.6. The van der Waals surface area contributed by atoms with Crippen LogP contribution in [0.15, 0.2) is 83.5 Å². The Balaban J connectivity index is 0.967. The van der Waals surface area contributed by atoms with Crippen LogP contribution in [-0.2, 0) is 57.1 Å². The van der Waals surface area contributed by atoms with Crippen molar-refractivity contribution in [2.75, 3.05) is 13.2 Å². The van der Waals surface area contributed by atoms with Crippen LogP contribution in [0.3, 0.4) is 0 Å². The van der Waals surface area contributed by atoms with Gasteiger partial charge in [-0.25, -0.2) is 24.0 Å². The molecule has 18 heteroatoms. The molecule has 7 aliphatic rings. The second-order valence-corrected chi connectivity index (χ2v) is 32.8. The van der Waals surface area contributed by atoms with Gasteiger partial charge >= 0.3 is 35.9 Å². The molecule has 20 atom stereocenters. The Morgan fingerprint density at radius 3 is 2.08 bits per heavy atom. The molecule has 2 bridgehead atoms. The number of amides is 1. The summed E-state index contributed by atoms with van der Waals surface area (Å²) in [6.07, 6.45) is 3.61. The maximum absolute atomic E-state index is 15.6. The van der Waals surface area contributed by atoms with Crippen LogP contribution in [0.4, 0.5) is 4.79 Å². The molecule has 2 aromatic rings. The number of aliphatic hydroxyl groups excluding tert-OH is 3. The number of esters is 5. The number of fused-ring (bicyclic) bond motifs is 8. The second-order valence-electron chi connectivity index (χ2n) is 32.8. The number of aliphatic hydroxyl groups is 3. The zero-order valence-corrected chi connectivity index (χ0v) is 60.2. The average molecular weight is 1350 g/mol. The summed E-state index contributed by atoms with van der Waals surface area (Å²) in [5.74, 6) is -3.43. The van der Waals surface area contributed by atoms with Gasteiger partial charge in [-0.3, -0.25) is 9.59 Å². The van der Waals surface area contributed by atoms with Crippen LogP contribution in [0.25, 0.3) is 0 Å². The number of ether oxygens (including phenoxy) is 7. The van der Waals surface area contributed by atoms with Gasteiger partial charge in [-0.05, 0) is 197 Å². The highest BCUT2D eigenvalue weighted by Gasteiger charge is 2.64. The minimum atomic E-state index is -2.01. The third kappa shape index (κ3) is 16.6. The Kier molecular flexibility index (Phi) is 24.0. The van der Waals surface area contributed by atoms with E-state index in [2.05, 4.69) is 46.0 Å². The van der Waals surface area contributed by atoms with Crippen molar-refractivity contribution in [3.8, 4) is 0 Å². The topological polar surface area (TPSA) is 257 Å². The van der Waals surface area contributed by atoms with E-state index < -0.39 is 132 Å². The molecule has 5 fully saturated rings. The van der Waals surface area contributed by atoms with Crippen LogP contribution in [-0.4, -0.2) is 125 Å². The largest absolute Gasteiger partial charge is 0.460 e. The zero-order valence-electron chi connectivity index (χ0n) is 60.2. The van der Waals surface area contributed by atoms with Gasteiger partial charge in [0.2, 0.25) is 6.10 Å². The number of carbonyl (C=O) groups is 7. The standard InChI is InChI=1S/C79H113NO17/c1-45(2)23-21-24-47(4)56-32-33-57-54-30-22-29-52-41-53(35-37-77(52,12)58(54)36-38-78(56,57)13)93-63(85)43-91-44-64(86)95-70(67(50-25-17-15-18-26-50)80-74(90)97-75(7,8)9)73(89)94-62-42-79(14)71(96-72(88)51-27-19-16-20-28-51)65-55(31-34-59(82)68(87)66(48(62)5)76(79,10)11)60(83)39-46(3)40-61(84)69(65)92-49(6)81/h15-20,25-29,45-47,53-58,60-62,65,67-71,83-84,87H,21-24,30-44H2,1-14H3,(H,80,90)/t46-,47-,53+,54?,55+,56-,57?,58?,60+,61-,62+,65?,67+,68+,69?,70-,71+,77+,78-,79+/m1/s1. The lowest BCUT2D eigenvalue weighted by Gasteiger charge is -2.59. The minimum absolute atomic E-state index is 0.0133. The smallest absolute Gasteiger partial charge is 0.408 e. The number of allylic oxidation sites excluding steroid dienone is 1. The van der Waals surface area contributed by atoms with Gasteiger partial charge in [-0.2, -0.15) is 0 Å². The highest BCUT2D eigenvalue weighted by molar-refractivity contribution is 5.90. The van der Waals surface area contributed by atoms with Crippen molar-refractivity contribution in [2.24, 2.45) is 74.9 Å². The summed E-state index contributed by atoms with van der Waals surface area (Å²) in [4.78, 5) is 100. The van der Waals surface area contributed by atoms with E-state index in [1.54, 1.807) is 109 Å². The normalized spacial score (nSPS) is 34.4. The molecule has 97 heavy (non-hydrogen) atoms. The first-order valence-corrected chi connectivity index (χ1v) is 36.3. The Labute approximate surface area is 575 Å². The molecule has 0 aromatic heterocycles. The fraction of sp³-hybridized carbons (Fsp3) is 0.709. The number of alkyl carbamates (subject to hydrolysis) is 1. The van der Waals surface area contributed by atoms with E-state index in [4.69, 9.17) is 33.2 Å². The summed E-state index contributed by atoms with van der Waals surface area (Å²) < 4.78 is 43.1. The first-order chi connectivity index (χ1) is 45.7. The maximum Gasteiger partial charge on any atom is 0.408 e. The van der Waals surface area contributed by atoms with Gasteiger partial charge in [0.05, 0.1) is 17.8 Å². The minimum Gasteiger partial charge on any atom is -0.460 e. The molecule has 0 spiro atoms. The molecule has 0 radical (unpaired) electrons. The quantitative estimate of drug-likeness (QED) is 0.0579. The molecule has 18 nitrogen and oxygen atoms in total. The molecule has 5 saturated carbocycles. The predicted octanol–water partition coefficient (Wildman–Crippen LogP) is 13.5. The summed E-state index contributed by atoms with van der Waals surface area (Å²) in [6, 6.07) is 14.9. The number of nitrogens with one attached hydrogen (secondary N) is 1. The summed E-state index contributed by atoms with van der Waals surface area (Å²) in [6.45, 7) is 25.7. The van der Waals surface area contributed by atoms with Crippen LogP contribution in [0.5, 0.6) is 0 Å². The Morgan fingerprint density at radius 1 is 0.742 bits per heavy atom. The highest BCUT2D eigenvalue weighted by Crippen LogP contribution is 2.67. The molecule has 0 saturated heterocycles. The van der Waals surface area contributed by atoms with E-state index in [1.807, 2.05) is 6.92 Å². The summed E-state index contributed by atoms with van der Waals surface area (Å²) >= 11 is 0. The SMILES string of the molecule is CC(=O)OC1C2[C@@H](CCC(=O)[C@H](O)C3=C(C)[C@@H](OC(=O)[C@H](OC(=O)COCC(=O)O[C@H]4CC[C@@]5(C)C(=CCCC6C5CC[C@@]5(C)C6CC[C@@H]5[C@H](C)CCCC(C)C)C4)[C@@H](NC(=O)OC(C)(C)C)c4ccccc4)C[C@@](C)([C@H]2OC(=O)c2ccccc2)C3(C)C)[C@@H](O)C[C@@H](C)C[C@H]1O. The zero-order chi connectivity index (χ0) is 70.7.